The van der Waals surface area contributed by atoms with Crippen molar-refractivity contribution in [3.8, 4) is 5.75 Å². The van der Waals surface area contributed by atoms with E-state index in [1.165, 1.54) is 0 Å². The molecule has 0 amide bonds. The second kappa shape index (κ2) is 6.01. The molecule has 1 aromatic rings. The Morgan fingerprint density at radius 3 is 2.61 bits per heavy atom. The molecule has 5 N–H and O–H groups in total. The van der Waals surface area contributed by atoms with E-state index in [0.29, 0.717) is 5.75 Å². The van der Waals surface area contributed by atoms with Gasteiger partial charge in [0, 0.05) is 32.3 Å². The van der Waals surface area contributed by atoms with Crippen molar-refractivity contribution in [1.29, 1.82) is 0 Å². The van der Waals surface area contributed by atoms with Gasteiger partial charge in [-0.3, -0.25) is 5.73 Å². The summed E-state index contributed by atoms with van der Waals surface area (Å²) in [4.78, 5) is 1.94. The number of nitrogens with two attached hydrogens (primary N) is 1. The van der Waals surface area contributed by atoms with Crippen LogP contribution in [0.15, 0.2) is 24.3 Å². The molecule has 0 bridgehead atoms. The van der Waals surface area contributed by atoms with Gasteiger partial charge in [-0.1, -0.05) is 6.07 Å². The number of hydrogen-bond donors (Lipinski definition) is 4. The fraction of sp³-hybridized carbons (Fsp3) is 0.500. The molecule has 0 radical (unpaired) electrons. The van der Waals surface area contributed by atoms with Crippen LogP contribution in [-0.4, -0.2) is 48.0 Å². The summed E-state index contributed by atoms with van der Waals surface area (Å²) >= 11 is 0. The molecule has 18 heavy (non-hydrogen) atoms. The summed E-state index contributed by atoms with van der Waals surface area (Å²) in [6, 6.07) is 7.42. The van der Waals surface area contributed by atoms with Crippen molar-refractivity contribution in [3.63, 3.8) is 0 Å². The van der Waals surface area contributed by atoms with Crippen molar-refractivity contribution in [2.45, 2.75) is 18.4 Å². The predicted octanol–water partition coefficient (Wildman–Crippen LogP) is -0.520. The minimum absolute atomic E-state index is 0.0235. The van der Waals surface area contributed by atoms with E-state index in [1.807, 2.05) is 37.2 Å². The minimum atomic E-state index is -2.59. The molecular formula is C12H20N2O4. The van der Waals surface area contributed by atoms with Crippen molar-refractivity contribution >= 4 is 5.69 Å². The molecule has 0 fully saturated rings. The van der Waals surface area contributed by atoms with Gasteiger partial charge in [0.1, 0.15) is 11.9 Å². The summed E-state index contributed by atoms with van der Waals surface area (Å²) in [6.07, 6.45) is -1.43. The van der Waals surface area contributed by atoms with Crippen LogP contribution < -0.4 is 15.4 Å². The Kier molecular flexibility index (Phi) is 4.92. The average molecular weight is 256 g/mol. The van der Waals surface area contributed by atoms with Gasteiger partial charge in [0.25, 0.3) is 0 Å². The summed E-state index contributed by atoms with van der Waals surface area (Å²) in [5, 5.41) is 27.1. The number of aliphatic hydroxyl groups excluding tert-OH is 1. The van der Waals surface area contributed by atoms with Crippen LogP contribution in [0.2, 0.25) is 0 Å². The highest BCUT2D eigenvalue weighted by Gasteiger charge is 2.27. The van der Waals surface area contributed by atoms with E-state index < -0.39 is 12.0 Å². The van der Waals surface area contributed by atoms with Crippen molar-refractivity contribution in [2.75, 3.05) is 25.6 Å². The highest BCUT2D eigenvalue weighted by molar-refractivity contribution is 5.49. The quantitative estimate of drug-likeness (QED) is 0.511. The van der Waals surface area contributed by atoms with Crippen LogP contribution in [0.5, 0.6) is 5.75 Å². The van der Waals surface area contributed by atoms with Crippen LogP contribution >= 0.6 is 0 Å². The lowest BCUT2D eigenvalue weighted by Crippen LogP contribution is -2.51. The molecule has 1 atom stereocenters. The topological polar surface area (TPSA) is 99.2 Å². The van der Waals surface area contributed by atoms with Gasteiger partial charge in [-0.25, -0.2) is 0 Å². The largest absolute Gasteiger partial charge is 0.493 e. The Morgan fingerprint density at radius 2 is 2.06 bits per heavy atom. The SMILES string of the molecule is CN(C)c1cccc(OCCC(O)C(N)(O)O)c1. The molecule has 0 saturated carbocycles. The molecule has 1 rings (SSSR count). The molecule has 1 unspecified atom stereocenters. The summed E-state index contributed by atoms with van der Waals surface area (Å²) in [7, 11) is 3.84. The van der Waals surface area contributed by atoms with Gasteiger partial charge in [-0.05, 0) is 12.1 Å². The number of nitrogens with zero attached hydrogens (tertiary/aromatic N) is 1. The average Bonchev–Trinajstić information content (AvgIpc) is 2.28. The molecule has 6 nitrogen and oxygen atoms in total. The van der Waals surface area contributed by atoms with Gasteiger partial charge in [0.15, 0.2) is 0 Å². The molecule has 1 aromatic carbocycles. The van der Waals surface area contributed by atoms with E-state index in [2.05, 4.69) is 0 Å². The third kappa shape index (κ3) is 4.50. The van der Waals surface area contributed by atoms with Gasteiger partial charge in [-0.2, -0.15) is 0 Å². The third-order valence-corrected chi connectivity index (χ3v) is 2.48. The van der Waals surface area contributed by atoms with Crippen molar-refractivity contribution < 1.29 is 20.1 Å². The van der Waals surface area contributed by atoms with Crippen LogP contribution in [0.3, 0.4) is 0 Å². The summed E-state index contributed by atoms with van der Waals surface area (Å²) in [6.45, 7) is 0.137. The highest BCUT2D eigenvalue weighted by Crippen LogP contribution is 2.19. The zero-order chi connectivity index (χ0) is 13.8. The Bertz CT molecular complexity index is 377. The number of benzene rings is 1. The summed E-state index contributed by atoms with van der Waals surface area (Å²) < 4.78 is 5.40. The Morgan fingerprint density at radius 1 is 1.39 bits per heavy atom. The van der Waals surface area contributed by atoms with Crippen LogP contribution in [0.4, 0.5) is 5.69 Å². The predicted molar refractivity (Wildman–Crippen MR) is 68.2 cm³/mol. The molecule has 0 aromatic heterocycles. The van der Waals surface area contributed by atoms with Crippen LogP contribution in [-0.2, 0) is 0 Å². The molecule has 0 aliphatic rings. The number of rotatable bonds is 6. The zero-order valence-electron chi connectivity index (χ0n) is 10.6. The third-order valence-electron chi connectivity index (χ3n) is 2.48. The highest BCUT2D eigenvalue weighted by atomic mass is 16.5. The van der Waals surface area contributed by atoms with Gasteiger partial charge >= 0.3 is 0 Å². The van der Waals surface area contributed by atoms with Crippen molar-refractivity contribution in [3.05, 3.63) is 24.3 Å². The summed E-state index contributed by atoms with van der Waals surface area (Å²) in [5.74, 6) is -1.94. The maximum absolute atomic E-state index is 9.29. The van der Waals surface area contributed by atoms with E-state index in [4.69, 9.17) is 20.7 Å². The standard InChI is InChI=1S/C12H20N2O4/c1-14(2)9-4-3-5-10(8-9)18-7-6-11(15)12(13,16)17/h3-5,8,11,15-17H,6-7,13H2,1-2H3. The molecule has 0 saturated heterocycles. The van der Waals surface area contributed by atoms with Gasteiger partial charge < -0.3 is 25.0 Å². The fourth-order valence-corrected chi connectivity index (χ4v) is 1.35. The van der Waals surface area contributed by atoms with E-state index >= 15 is 0 Å². The first-order valence-electron chi connectivity index (χ1n) is 5.62. The normalized spacial score (nSPS) is 13.2. The molecular weight excluding hydrogens is 236 g/mol. The summed E-state index contributed by atoms with van der Waals surface area (Å²) in [5.41, 5.74) is 5.91. The second-order valence-electron chi connectivity index (χ2n) is 4.33. The van der Waals surface area contributed by atoms with Gasteiger partial charge in [0.2, 0.25) is 5.91 Å². The number of anilines is 1. The Labute approximate surface area is 106 Å². The van der Waals surface area contributed by atoms with Crippen molar-refractivity contribution in [2.24, 2.45) is 5.73 Å². The smallest absolute Gasteiger partial charge is 0.247 e. The zero-order valence-corrected chi connectivity index (χ0v) is 10.6. The van der Waals surface area contributed by atoms with Crippen LogP contribution in [0.1, 0.15) is 6.42 Å². The molecule has 102 valence electrons. The number of aliphatic hydroxyl groups is 3. The minimum Gasteiger partial charge on any atom is -0.493 e. The molecule has 6 heteroatoms. The first-order valence-corrected chi connectivity index (χ1v) is 5.62. The monoisotopic (exact) mass is 256 g/mol. The first-order chi connectivity index (χ1) is 8.30. The van der Waals surface area contributed by atoms with E-state index in [0.717, 1.165) is 5.69 Å². The Hall–Kier alpha value is -1.34. The molecule has 0 heterocycles. The second-order valence-corrected chi connectivity index (χ2v) is 4.33. The van der Waals surface area contributed by atoms with E-state index in [-0.39, 0.29) is 13.0 Å². The van der Waals surface area contributed by atoms with E-state index in [1.54, 1.807) is 6.07 Å². The lowest BCUT2D eigenvalue weighted by Gasteiger charge is -2.22. The van der Waals surface area contributed by atoms with Crippen LogP contribution in [0, 0.1) is 0 Å². The number of hydrogen-bond acceptors (Lipinski definition) is 6. The Balaban J connectivity index is 2.47. The van der Waals surface area contributed by atoms with Gasteiger partial charge in [-0.15, -0.1) is 0 Å². The van der Waals surface area contributed by atoms with E-state index in [9.17, 15) is 5.11 Å². The number of ether oxygens (including phenoxy) is 1. The lowest BCUT2D eigenvalue weighted by atomic mass is 10.2. The van der Waals surface area contributed by atoms with Crippen molar-refractivity contribution in [1.82, 2.24) is 0 Å². The molecule has 0 aliphatic carbocycles. The van der Waals surface area contributed by atoms with Crippen LogP contribution in [0.25, 0.3) is 0 Å². The first kappa shape index (κ1) is 14.7. The van der Waals surface area contributed by atoms with Gasteiger partial charge in [0.05, 0.1) is 6.61 Å². The fourth-order valence-electron chi connectivity index (χ4n) is 1.35. The molecule has 0 spiro atoms. The maximum atomic E-state index is 9.29. The maximum Gasteiger partial charge on any atom is 0.247 e. The molecule has 0 aliphatic heterocycles. The lowest BCUT2D eigenvalue weighted by molar-refractivity contribution is -0.222.